The number of para-hydroxylation sites is 1. The van der Waals surface area contributed by atoms with Crippen LogP contribution in [0.2, 0.25) is 0 Å². The van der Waals surface area contributed by atoms with E-state index in [1.807, 2.05) is 42.2 Å². The summed E-state index contributed by atoms with van der Waals surface area (Å²) in [5.41, 5.74) is 1.76. The van der Waals surface area contributed by atoms with Crippen LogP contribution in [0, 0.1) is 6.92 Å². The highest BCUT2D eigenvalue weighted by Gasteiger charge is 2.29. The molecule has 1 aliphatic heterocycles. The van der Waals surface area contributed by atoms with E-state index >= 15 is 0 Å². The molecule has 1 fully saturated rings. The number of rotatable bonds is 3. The number of aromatic nitrogens is 1. The number of ether oxygens (including phenoxy) is 1. The number of aryl methyl sites for hydroxylation is 1. The Labute approximate surface area is 137 Å². The van der Waals surface area contributed by atoms with Gasteiger partial charge in [0.2, 0.25) is 0 Å². The van der Waals surface area contributed by atoms with Gasteiger partial charge in [-0.05, 0) is 52.2 Å². The van der Waals surface area contributed by atoms with Crippen molar-refractivity contribution in [3.63, 3.8) is 0 Å². The molecule has 23 heavy (non-hydrogen) atoms. The quantitative estimate of drug-likeness (QED) is 0.867. The Kier molecular flexibility index (Phi) is 4.51. The van der Waals surface area contributed by atoms with Gasteiger partial charge in [0.1, 0.15) is 11.3 Å². The lowest BCUT2D eigenvalue weighted by Crippen LogP contribution is -2.49. The molecular weight excluding hydrogens is 288 g/mol. The number of nitrogens with zero attached hydrogens (tertiary/aromatic N) is 2. The predicted octanol–water partition coefficient (Wildman–Crippen LogP) is 3.71. The Balaban J connectivity index is 1.75. The molecule has 0 aliphatic carbocycles. The summed E-state index contributed by atoms with van der Waals surface area (Å²) in [7, 11) is 0. The minimum Gasteiger partial charge on any atom is -0.481 e. The van der Waals surface area contributed by atoms with Crippen molar-refractivity contribution in [2.45, 2.75) is 52.1 Å². The van der Waals surface area contributed by atoms with Crippen molar-refractivity contribution in [1.82, 2.24) is 9.88 Å². The Bertz CT molecular complexity index is 704. The third kappa shape index (κ3) is 3.31. The first kappa shape index (κ1) is 15.8. The smallest absolute Gasteiger partial charge is 0.260 e. The Hall–Kier alpha value is -2.10. The van der Waals surface area contributed by atoms with Gasteiger partial charge < -0.3 is 9.64 Å². The van der Waals surface area contributed by atoms with E-state index in [0.29, 0.717) is 17.8 Å². The topological polar surface area (TPSA) is 42.4 Å². The third-order valence-electron chi connectivity index (χ3n) is 4.66. The lowest BCUT2D eigenvalue weighted by atomic mass is 9.97. The molecule has 0 saturated carbocycles. The summed E-state index contributed by atoms with van der Waals surface area (Å²) in [6.45, 7) is 6.27. The highest BCUT2D eigenvalue weighted by molar-refractivity contribution is 5.85. The van der Waals surface area contributed by atoms with Crippen molar-refractivity contribution in [2.24, 2.45) is 0 Å². The Morgan fingerprint density at radius 2 is 1.96 bits per heavy atom. The summed E-state index contributed by atoms with van der Waals surface area (Å²) in [6, 6.07) is 10.4. The molecule has 0 bridgehead atoms. The summed E-state index contributed by atoms with van der Waals surface area (Å²) in [6.07, 6.45) is 3.34. The summed E-state index contributed by atoms with van der Waals surface area (Å²) in [5.74, 6) is 0.742. The second-order valence-electron chi connectivity index (χ2n) is 6.50. The average Bonchev–Trinajstić information content (AvgIpc) is 2.52. The second-order valence-corrected chi connectivity index (χ2v) is 6.50. The molecule has 2 atom stereocenters. The number of fused-ring (bicyclic) bond motifs is 1. The number of amides is 1. The number of carbonyl (C=O) groups is 1. The van der Waals surface area contributed by atoms with Gasteiger partial charge in [0.15, 0.2) is 6.61 Å². The molecule has 1 aromatic carbocycles. The van der Waals surface area contributed by atoms with Crippen molar-refractivity contribution >= 4 is 16.8 Å². The molecule has 0 unspecified atom stereocenters. The van der Waals surface area contributed by atoms with E-state index in [0.717, 1.165) is 29.4 Å². The maximum atomic E-state index is 12.6. The lowest BCUT2D eigenvalue weighted by Gasteiger charge is -2.39. The van der Waals surface area contributed by atoms with Gasteiger partial charge in [-0.3, -0.25) is 4.79 Å². The Morgan fingerprint density at radius 3 is 2.70 bits per heavy atom. The molecule has 3 rings (SSSR count). The molecule has 0 radical (unpaired) electrons. The van der Waals surface area contributed by atoms with E-state index in [-0.39, 0.29) is 12.5 Å². The molecule has 1 aliphatic rings. The van der Waals surface area contributed by atoms with Gasteiger partial charge in [0.25, 0.3) is 5.91 Å². The van der Waals surface area contributed by atoms with Crippen LogP contribution in [0.1, 0.15) is 38.8 Å². The first-order valence-corrected chi connectivity index (χ1v) is 8.36. The van der Waals surface area contributed by atoms with Crippen molar-refractivity contribution in [3.8, 4) is 5.75 Å². The first-order chi connectivity index (χ1) is 11.1. The molecule has 2 heterocycles. The zero-order valence-corrected chi connectivity index (χ0v) is 14.1. The molecule has 1 amide bonds. The van der Waals surface area contributed by atoms with E-state index in [1.54, 1.807) is 0 Å². The van der Waals surface area contributed by atoms with Gasteiger partial charge in [-0.2, -0.15) is 0 Å². The maximum Gasteiger partial charge on any atom is 0.260 e. The summed E-state index contributed by atoms with van der Waals surface area (Å²) in [4.78, 5) is 19.1. The van der Waals surface area contributed by atoms with E-state index in [2.05, 4.69) is 18.8 Å². The van der Waals surface area contributed by atoms with E-state index in [4.69, 9.17) is 4.74 Å². The maximum absolute atomic E-state index is 12.6. The van der Waals surface area contributed by atoms with Crippen LogP contribution < -0.4 is 4.74 Å². The molecule has 1 saturated heterocycles. The average molecular weight is 312 g/mol. The standard InChI is InChI=1S/C19H24N2O2/c1-13-10-11-16-8-5-9-17(19(16)20-13)23-12-18(22)21-14(2)6-4-7-15(21)3/h5,8-11,14-15H,4,6-7,12H2,1-3H3/t14-,15+. The van der Waals surface area contributed by atoms with Crippen LogP contribution in [0.4, 0.5) is 0 Å². The van der Waals surface area contributed by atoms with Crippen LogP contribution in [-0.4, -0.2) is 34.5 Å². The van der Waals surface area contributed by atoms with Crippen molar-refractivity contribution < 1.29 is 9.53 Å². The van der Waals surface area contributed by atoms with Gasteiger partial charge in [-0.1, -0.05) is 18.2 Å². The van der Waals surface area contributed by atoms with E-state index in [1.165, 1.54) is 6.42 Å². The number of hydrogen-bond donors (Lipinski definition) is 0. The van der Waals surface area contributed by atoms with E-state index < -0.39 is 0 Å². The van der Waals surface area contributed by atoms with Crippen LogP contribution in [0.15, 0.2) is 30.3 Å². The van der Waals surface area contributed by atoms with Crippen LogP contribution in [0.25, 0.3) is 10.9 Å². The van der Waals surface area contributed by atoms with Crippen LogP contribution in [0.3, 0.4) is 0 Å². The largest absolute Gasteiger partial charge is 0.481 e. The number of pyridine rings is 1. The molecule has 122 valence electrons. The van der Waals surface area contributed by atoms with Crippen LogP contribution >= 0.6 is 0 Å². The molecule has 0 N–H and O–H groups in total. The number of hydrogen-bond acceptors (Lipinski definition) is 3. The molecule has 4 nitrogen and oxygen atoms in total. The lowest BCUT2D eigenvalue weighted by molar-refractivity contribution is -0.139. The fraction of sp³-hybridized carbons (Fsp3) is 0.474. The predicted molar refractivity (Wildman–Crippen MR) is 91.6 cm³/mol. The minimum absolute atomic E-state index is 0.0642. The zero-order valence-electron chi connectivity index (χ0n) is 14.1. The fourth-order valence-electron chi connectivity index (χ4n) is 3.46. The van der Waals surface area contributed by atoms with Gasteiger partial charge in [-0.25, -0.2) is 4.98 Å². The monoisotopic (exact) mass is 312 g/mol. The SMILES string of the molecule is Cc1ccc2cccc(OCC(=O)N3[C@H](C)CCC[C@@H]3C)c2n1. The highest BCUT2D eigenvalue weighted by Crippen LogP contribution is 2.25. The molecule has 4 heteroatoms. The van der Waals surface area contributed by atoms with Crippen LogP contribution in [0.5, 0.6) is 5.75 Å². The molecule has 1 aromatic heterocycles. The number of likely N-dealkylation sites (tertiary alicyclic amines) is 1. The van der Waals surface area contributed by atoms with Crippen molar-refractivity contribution in [2.75, 3.05) is 6.61 Å². The second kappa shape index (κ2) is 6.57. The van der Waals surface area contributed by atoms with Gasteiger partial charge in [-0.15, -0.1) is 0 Å². The van der Waals surface area contributed by atoms with Crippen LogP contribution in [-0.2, 0) is 4.79 Å². The van der Waals surface area contributed by atoms with Gasteiger partial charge in [0, 0.05) is 23.2 Å². The van der Waals surface area contributed by atoms with E-state index in [9.17, 15) is 4.79 Å². The van der Waals surface area contributed by atoms with Crippen molar-refractivity contribution in [3.05, 3.63) is 36.0 Å². The molecular formula is C19H24N2O2. The zero-order chi connectivity index (χ0) is 16.4. The van der Waals surface area contributed by atoms with Crippen molar-refractivity contribution in [1.29, 1.82) is 0 Å². The number of carbonyl (C=O) groups excluding carboxylic acids is 1. The fourth-order valence-corrected chi connectivity index (χ4v) is 3.46. The number of piperidine rings is 1. The Morgan fingerprint density at radius 1 is 1.22 bits per heavy atom. The molecule has 0 spiro atoms. The number of benzene rings is 1. The summed E-state index contributed by atoms with van der Waals surface area (Å²) >= 11 is 0. The van der Waals surface area contributed by atoms with Gasteiger partial charge >= 0.3 is 0 Å². The third-order valence-corrected chi connectivity index (χ3v) is 4.66. The summed E-state index contributed by atoms with van der Waals surface area (Å²) < 4.78 is 5.83. The first-order valence-electron chi connectivity index (χ1n) is 8.36. The highest BCUT2D eigenvalue weighted by atomic mass is 16.5. The molecule has 2 aromatic rings. The minimum atomic E-state index is 0.0642. The normalized spacial score (nSPS) is 21.4. The summed E-state index contributed by atoms with van der Waals surface area (Å²) in [5, 5.41) is 1.03. The van der Waals surface area contributed by atoms with Gasteiger partial charge in [0.05, 0.1) is 0 Å².